The maximum absolute atomic E-state index is 14.2. The third kappa shape index (κ3) is 5.82. The number of hydrogen-bond acceptors (Lipinski definition) is 4. The molecule has 0 aromatic heterocycles. The maximum atomic E-state index is 14.2. The molecule has 0 fully saturated rings. The summed E-state index contributed by atoms with van der Waals surface area (Å²) in [4.78, 5) is 29.8. The normalized spacial score (nSPS) is 15.2. The molecule has 4 aromatic carbocycles. The van der Waals surface area contributed by atoms with Gasteiger partial charge in [-0.25, -0.2) is 0 Å². The molecule has 0 aliphatic carbocycles. The lowest BCUT2D eigenvalue weighted by molar-refractivity contribution is -0.126. The molecule has 0 spiro atoms. The molecule has 7 heteroatoms. The highest BCUT2D eigenvalue weighted by molar-refractivity contribution is 6.30. The van der Waals surface area contributed by atoms with Gasteiger partial charge in [-0.3, -0.25) is 9.59 Å². The number of amides is 2. The van der Waals surface area contributed by atoms with Crippen LogP contribution in [0.15, 0.2) is 103 Å². The number of nitrogens with one attached hydrogen (secondary N) is 1. The number of fused-ring (bicyclic) bond motifs is 2. The van der Waals surface area contributed by atoms with Gasteiger partial charge in [-0.1, -0.05) is 84.4 Å². The number of carbonyl (C=O) groups is 2. The Morgan fingerprint density at radius 3 is 2.18 bits per heavy atom. The average Bonchev–Trinajstić information content (AvgIpc) is 2.97. The first-order chi connectivity index (χ1) is 18.6. The van der Waals surface area contributed by atoms with Gasteiger partial charge in [-0.05, 0) is 41.5 Å². The van der Waals surface area contributed by atoms with Crippen molar-refractivity contribution in [1.29, 1.82) is 0 Å². The minimum atomic E-state index is -0.961. The van der Waals surface area contributed by atoms with E-state index in [2.05, 4.69) is 5.32 Å². The molecule has 38 heavy (non-hydrogen) atoms. The quantitative estimate of drug-likeness (QED) is 0.356. The number of rotatable bonds is 5. The van der Waals surface area contributed by atoms with Crippen LogP contribution in [-0.4, -0.2) is 29.9 Å². The van der Waals surface area contributed by atoms with Crippen molar-refractivity contribution in [3.63, 3.8) is 0 Å². The highest BCUT2D eigenvalue weighted by Crippen LogP contribution is 2.34. The van der Waals surface area contributed by atoms with Crippen molar-refractivity contribution in [1.82, 2.24) is 10.2 Å². The SMILES string of the molecule is O=C(NCc1ccc(Cl)cc1)C1c2ccccc2OCCOc2ccccc2C(=O)N1Cc1ccccc1. The summed E-state index contributed by atoms with van der Waals surface area (Å²) in [6.45, 7) is 1.01. The summed E-state index contributed by atoms with van der Waals surface area (Å²) in [7, 11) is 0. The first-order valence-corrected chi connectivity index (χ1v) is 12.8. The standard InChI is InChI=1S/C31H27ClN2O4/c32-24-16-14-22(15-17-24)20-33-30(35)29-25-10-4-6-12-27(25)37-18-19-38-28-13-7-5-11-26(28)31(36)34(29)21-23-8-2-1-3-9-23/h1-17,29H,18-21H2,(H,33,35). The van der Waals surface area contributed by atoms with Gasteiger partial charge in [-0.15, -0.1) is 0 Å². The Bertz CT molecular complexity index is 1410. The van der Waals surface area contributed by atoms with Gasteiger partial charge in [0.25, 0.3) is 5.91 Å². The Balaban J connectivity index is 1.59. The number of ether oxygens (including phenoxy) is 2. The molecule has 192 valence electrons. The Morgan fingerprint density at radius 1 is 0.789 bits per heavy atom. The monoisotopic (exact) mass is 526 g/mol. The third-order valence-electron chi connectivity index (χ3n) is 6.33. The molecule has 1 heterocycles. The zero-order valence-electron chi connectivity index (χ0n) is 20.7. The predicted octanol–water partition coefficient (Wildman–Crippen LogP) is 5.81. The highest BCUT2D eigenvalue weighted by Gasteiger charge is 2.35. The Hall–Kier alpha value is -4.29. The van der Waals surface area contributed by atoms with E-state index < -0.39 is 6.04 Å². The van der Waals surface area contributed by atoms with Gasteiger partial charge in [0.15, 0.2) is 0 Å². The van der Waals surface area contributed by atoms with E-state index in [0.717, 1.165) is 11.1 Å². The Labute approximate surface area is 226 Å². The van der Waals surface area contributed by atoms with Gasteiger partial charge in [0.1, 0.15) is 30.8 Å². The van der Waals surface area contributed by atoms with Crippen LogP contribution >= 0.6 is 11.6 Å². The molecule has 1 unspecified atom stereocenters. The van der Waals surface area contributed by atoms with Crippen LogP contribution in [0, 0.1) is 0 Å². The molecule has 0 saturated carbocycles. The summed E-state index contributed by atoms with van der Waals surface area (Å²) in [6.07, 6.45) is 0. The van der Waals surface area contributed by atoms with Gasteiger partial charge in [0.2, 0.25) is 5.91 Å². The minimum absolute atomic E-state index is 0.210. The van der Waals surface area contributed by atoms with Crippen LogP contribution in [0.25, 0.3) is 0 Å². The lowest BCUT2D eigenvalue weighted by atomic mass is 10.00. The van der Waals surface area contributed by atoms with Crippen LogP contribution in [0.3, 0.4) is 0 Å². The summed E-state index contributed by atoms with van der Waals surface area (Å²) in [5, 5.41) is 3.65. The molecule has 0 saturated heterocycles. The van der Waals surface area contributed by atoms with Gasteiger partial charge >= 0.3 is 0 Å². The van der Waals surface area contributed by atoms with E-state index in [-0.39, 0.29) is 38.1 Å². The average molecular weight is 527 g/mol. The topological polar surface area (TPSA) is 67.9 Å². The van der Waals surface area contributed by atoms with Crippen LogP contribution in [0.5, 0.6) is 11.5 Å². The molecule has 0 bridgehead atoms. The second-order valence-electron chi connectivity index (χ2n) is 8.90. The lowest BCUT2D eigenvalue weighted by Crippen LogP contribution is -2.43. The van der Waals surface area contributed by atoms with Gasteiger partial charge in [0.05, 0.1) is 5.56 Å². The van der Waals surface area contributed by atoms with Gasteiger partial charge in [-0.2, -0.15) is 0 Å². The van der Waals surface area contributed by atoms with Crippen LogP contribution in [0.1, 0.15) is 33.1 Å². The van der Waals surface area contributed by atoms with E-state index >= 15 is 0 Å². The van der Waals surface area contributed by atoms with Crippen molar-refractivity contribution >= 4 is 23.4 Å². The molecule has 1 aliphatic rings. The smallest absolute Gasteiger partial charge is 0.258 e. The van der Waals surface area contributed by atoms with Crippen molar-refractivity contribution in [3.8, 4) is 11.5 Å². The number of halogens is 1. The first-order valence-electron chi connectivity index (χ1n) is 12.4. The molecule has 1 aliphatic heterocycles. The second kappa shape index (κ2) is 11.8. The fourth-order valence-electron chi connectivity index (χ4n) is 4.46. The Morgan fingerprint density at radius 2 is 1.42 bits per heavy atom. The fraction of sp³-hybridized carbons (Fsp3) is 0.161. The van der Waals surface area contributed by atoms with Gasteiger partial charge < -0.3 is 19.7 Å². The lowest BCUT2D eigenvalue weighted by Gasteiger charge is -2.32. The molecule has 5 rings (SSSR count). The van der Waals surface area contributed by atoms with E-state index in [0.29, 0.717) is 27.6 Å². The van der Waals surface area contributed by atoms with Crippen LogP contribution < -0.4 is 14.8 Å². The van der Waals surface area contributed by atoms with Crippen LogP contribution in [-0.2, 0) is 17.9 Å². The van der Waals surface area contributed by atoms with Gasteiger partial charge in [0, 0.05) is 23.7 Å². The third-order valence-corrected chi connectivity index (χ3v) is 6.58. The van der Waals surface area contributed by atoms with Crippen molar-refractivity contribution in [2.45, 2.75) is 19.1 Å². The fourth-order valence-corrected chi connectivity index (χ4v) is 4.59. The van der Waals surface area contributed by atoms with Crippen molar-refractivity contribution < 1.29 is 19.1 Å². The van der Waals surface area contributed by atoms with E-state index in [1.165, 1.54) is 0 Å². The highest BCUT2D eigenvalue weighted by atomic mass is 35.5. The maximum Gasteiger partial charge on any atom is 0.258 e. The van der Waals surface area contributed by atoms with E-state index in [4.69, 9.17) is 21.1 Å². The van der Waals surface area contributed by atoms with E-state index in [1.54, 1.807) is 35.2 Å². The summed E-state index contributed by atoms with van der Waals surface area (Å²) in [5.74, 6) is 0.343. The number of para-hydroxylation sites is 2. The molecular weight excluding hydrogens is 500 g/mol. The number of hydrogen-bond donors (Lipinski definition) is 1. The summed E-state index contributed by atoms with van der Waals surface area (Å²) >= 11 is 6.03. The van der Waals surface area contributed by atoms with Crippen LogP contribution in [0.4, 0.5) is 0 Å². The van der Waals surface area contributed by atoms with Crippen molar-refractivity contribution in [2.75, 3.05) is 13.2 Å². The zero-order valence-corrected chi connectivity index (χ0v) is 21.4. The van der Waals surface area contributed by atoms with Crippen molar-refractivity contribution in [3.05, 3.63) is 130 Å². The summed E-state index contributed by atoms with van der Waals surface area (Å²) in [6, 6.07) is 30.4. The molecule has 1 atom stereocenters. The van der Waals surface area contributed by atoms with Crippen LogP contribution in [0.2, 0.25) is 5.02 Å². The molecule has 4 aromatic rings. The van der Waals surface area contributed by atoms with E-state index in [9.17, 15) is 9.59 Å². The van der Waals surface area contributed by atoms with Crippen molar-refractivity contribution in [2.24, 2.45) is 0 Å². The Kier molecular flexibility index (Phi) is 7.90. The number of benzene rings is 4. The molecule has 2 amide bonds. The van der Waals surface area contributed by atoms with E-state index in [1.807, 2.05) is 72.8 Å². The summed E-state index contributed by atoms with van der Waals surface area (Å²) in [5.41, 5.74) is 2.77. The summed E-state index contributed by atoms with van der Waals surface area (Å²) < 4.78 is 12.0. The number of nitrogens with zero attached hydrogens (tertiary/aromatic N) is 1. The second-order valence-corrected chi connectivity index (χ2v) is 9.33. The first kappa shape index (κ1) is 25.4. The molecule has 6 nitrogen and oxygen atoms in total. The minimum Gasteiger partial charge on any atom is -0.490 e. The molecular formula is C31H27ClN2O4. The molecule has 1 N–H and O–H groups in total. The largest absolute Gasteiger partial charge is 0.490 e. The molecule has 0 radical (unpaired) electrons. The predicted molar refractivity (Wildman–Crippen MR) is 146 cm³/mol. The number of carbonyl (C=O) groups excluding carboxylic acids is 2. The zero-order chi connectivity index (χ0) is 26.3.